The average Bonchev–Trinajstić information content (AvgIpc) is 2.87. The number of hydrogen-bond acceptors (Lipinski definition) is 6. The number of aromatic nitrogens is 3. The van der Waals surface area contributed by atoms with Crippen LogP contribution in [0.2, 0.25) is 0 Å². The quantitative estimate of drug-likeness (QED) is 0.548. The van der Waals surface area contributed by atoms with Crippen molar-refractivity contribution < 1.29 is 26.7 Å². The summed E-state index contributed by atoms with van der Waals surface area (Å²) < 4.78 is 64.3. The molecular weight excluding hydrogens is 445 g/mol. The van der Waals surface area contributed by atoms with Crippen LogP contribution in [0.25, 0.3) is 5.69 Å². The zero-order valence-electron chi connectivity index (χ0n) is 15.3. The molecule has 13 heteroatoms. The van der Waals surface area contributed by atoms with Crippen molar-refractivity contribution in [2.24, 2.45) is 0 Å². The molecule has 3 aromatic rings. The van der Waals surface area contributed by atoms with Gasteiger partial charge in [-0.1, -0.05) is 0 Å². The number of sulfonamides is 1. The van der Waals surface area contributed by atoms with Crippen molar-refractivity contribution in [1.82, 2.24) is 14.1 Å². The van der Waals surface area contributed by atoms with Gasteiger partial charge in [-0.05, 0) is 53.7 Å². The van der Waals surface area contributed by atoms with Gasteiger partial charge in [-0.3, -0.25) is 9.29 Å². The van der Waals surface area contributed by atoms with Crippen molar-refractivity contribution in [3.8, 4) is 11.6 Å². The van der Waals surface area contributed by atoms with E-state index in [1.807, 2.05) is 0 Å². The lowest BCUT2D eigenvalue weighted by atomic mass is 10.2. The summed E-state index contributed by atoms with van der Waals surface area (Å²) >= 11 is -0.285. The predicted octanol–water partition coefficient (Wildman–Crippen LogP) is 2.77. The fourth-order valence-corrected chi connectivity index (χ4v) is 3.68. The summed E-state index contributed by atoms with van der Waals surface area (Å²) in [6.07, 6.45) is 3.51. The van der Waals surface area contributed by atoms with E-state index in [1.54, 1.807) is 6.07 Å². The van der Waals surface area contributed by atoms with E-state index < -0.39 is 27.1 Å². The molecule has 1 aromatic carbocycles. The molecule has 0 saturated carbocycles. The predicted molar refractivity (Wildman–Crippen MR) is 105 cm³/mol. The number of halogens is 3. The van der Waals surface area contributed by atoms with Crippen LogP contribution in [0.5, 0.6) is 5.88 Å². The molecule has 0 unspecified atom stereocenters. The smallest absolute Gasteiger partial charge is 0.446 e. The van der Waals surface area contributed by atoms with Crippen LogP contribution >= 0.6 is 11.8 Å². The maximum atomic E-state index is 12.7. The van der Waals surface area contributed by atoms with Gasteiger partial charge in [-0.15, -0.1) is 0 Å². The van der Waals surface area contributed by atoms with E-state index in [4.69, 9.17) is 0 Å². The fourth-order valence-electron chi connectivity index (χ4n) is 2.65. The van der Waals surface area contributed by atoms with E-state index in [0.717, 1.165) is 10.8 Å². The van der Waals surface area contributed by atoms with E-state index in [0.29, 0.717) is 5.56 Å². The Balaban J connectivity index is 1.86. The molecule has 0 bridgehead atoms. The standard InChI is InChI=1S/C17H15F3N4O4S2/c1-30(27,28)22-14-8-11(6-7-21-14)9-23-10-15(25)24(16(23)26)12-2-4-13(5-3-12)29-17(18,19)20/h2-8,10,25H,9H2,1H3,(H,21,22). The normalized spacial score (nSPS) is 12.1. The number of anilines is 1. The zero-order valence-corrected chi connectivity index (χ0v) is 16.9. The monoisotopic (exact) mass is 460 g/mol. The number of alkyl halides is 3. The Hall–Kier alpha value is -2.93. The maximum absolute atomic E-state index is 12.7. The molecule has 0 saturated heterocycles. The molecule has 2 N–H and O–H groups in total. The molecule has 0 spiro atoms. The summed E-state index contributed by atoms with van der Waals surface area (Å²) in [6.45, 7) is 0.00235. The van der Waals surface area contributed by atoms with Crippen molar-refractivity contribution in [3.05, 3.63) is 64.8 Å². The summed E-state index contributed by atoms with van der Waals surface area (Å²) in [5.41, 5.74) is -4.33. The van der Waals surface area contributed by atoms with Crippen LogP contribution in [0, 0.1) is 0 Å². The largest absolute Gasteiger partial charge is 0.493 e. The summed E-state index contributed by atoms with van der Waals surface area (Å²) in [7, 11) is -3.53. The number of hydrogen-bond donors (Lipinski definition) is 2. The van der Waals surface area contributed by atoms with Gasteiger partial charge in [0.25, 0.3) is 0 Å². The average molecular weight is 460 g/mol. The first-order valence-corrected chi connectivity index (χ1v) is 10.9. The Morgan fingerprint density at radius 1 is 1.20 bits per heavy atom. The Bertz CT molecular complexity index is 1220. The molecule has 0 atom stereocenters. The lowest BCUT2D eigenvalue weighted by Gasteiger charge is -2.07. The van der Waals surface area contributed by atoms with E-state index in [1.165, 1.54) is 47.3 Å². The highest BCUT2D eigenvalue weighted by Crippen LogP contribution is 2.37. The Morgan fingerprint density at radius 3 is 2.47 bits per heavy atom. The molecule has 0 aliphatic rings. The molecule has 0 aliphatic heterocycles. The van der Waals surface area contributed by atoms with E-state index in [2.05, 4.69) is 9.71 Å². The van der Waals surface area contributed by atoms with Crippen LogP contribution in [0.3, 0.4) is 0 Å². The second-order valence-corrected chi connectivity index (χ2v) is 9.09. The minimum atomic E-state index is -4.43. The Kier molecular flexibility index (Phi) is 5.85. The molecule has 3 rings (SSSR count). The summed E-state index contributed by atoms with van der Waals surface area (Å²) in [4.78, 5) is 16.5. The van der Waals surface area contributed by atoms with Crippen LogP contribution in [-0.4, -0.2) is 39.4 Å². The van der Waals surface area contributed by atoms with Gasteiger partial charge in [0.2, 0.25) is 15.9 Å². The van der Waals surface area contributed by atoms with Gasteiger partial charge < -0.3 is 5.11 Å². The molecule has 8 nitrogen and oxygen atoms in total. The topological polar surface area (TPSA) is 106 Å². The lowest BCUT2D eigenvalue weighted by Crippen LogP contribution is -2.23. The first-order chi connectivity index (χ1) is 13.9. The van der Waals surface area contributed by atoms with Gasteiger partial charge in [-0.2, -0.15) is 13.2 Å². The van der Waals surface area contributed by atoms with Gasteiger partial charge in [0.15, 0.2) is 0 Å². The number of rotatable bonds is 6. The van der Waals surface area contributed by atoms with E-state index in [-0.39, 0.29) is 34.7 Å². The van der Waals surface area contributed by atoms with Gasteiger partial charge >= 0.3 is 11.2 Å². The number of imidazole rings is 1. The number of pyridine rings is 1. The van der Waals surface area contributed by atoms with Gasteiger partial charge in [0.1, 0.15) is 5.82 Å². The van der Waals surface area contributed by atoms with Gasteiger partial charge in [-0.25, -0.2) is 22.8 Å². The minimum absolute atomic E-state index is 0.00235. The number of thioether (sulfide) groups is 1. The second kappa shape index (κ2) is 8.07. The highest BCUT2D eigenvalue weighted by Gasteiger charge is 2.29. The summed E-state index contributed by atoms with van der Waals surface area (Å²) in [5.74, 6) is -0.329. The molecule has 2 heterocycles. The van der Waals surface area contributed by atoms with Crippen molar-refractivity contribution in [3.63, 3.8) is 0 Å². The highest BCUT2D eigenvalue weighted by molar-refractivity contribution is 8.00. The Morgan fingerprint density at radius 2 is 1.87 bits per heavy atom. The zero-order chi connectivity index (χ0) is 22.1. The third-order valence-electron chi connectivity index (χ3n) is 3.73. The second-order valence-electron chi connectivity index (χ2n) is 6.20. The van der Waals surface area contributed by atoms with Crippen molar-refractivity contribution in [2.75, 3.05) is 11.0 Å². The highest BCUT2D eigenvalue weighted by atomic mass is 32.2. The van der Waals surface area contributed by atoms with Gasteiger partial charge in [0, 0.05) is 11.1 Å². The Labute approximate surface area is 173 Å². The molecule has 30 heavy (non-hydrogen) atoms. The molecule has 160 valence electrons. The van der Waals surface area contributed by atoms with Crippen LogP contribution in [0.4, 0.5) is 19.0 Å². The molecule has 2 aromatic heterocycles. The fraction of sp³-hybridized carbons (Fsp3) is 0.176. The first kappa shape index (κ1) is 21.8. The van der Waals surface area contributed by atoms with Crippen LogP contribution in [-0.2, 0) is 16.6 Å². The maximum Gasteiger partial charge on any atom is 0.446 e. The first-order valence-electron chi connectivity index (χ1n) is 8.21. The van der Waals surface area contributed by atoms with Crippen molar-refractivity contribution >= 4 is 27.6 Å². The van der Waals surface area contributed by atoms with Crippen molar-refractivity contribution in [2.45, 2.75) is 16.9 Å². The van der Waals surface area contributed by atoms with E-state index in [9.17, 15) is 31.5 Å². The molecule has 0 radical (unpaired) electrons. The number of aromatic hydroxyl groups is 1. The van der Waals surface area contributed by atoms with Crippen LogP contribution < -0.4 is 10.4 Å². The van der Waals surface area contributed by atoms with Gasteiger partial charge in [0.05, 0.1) is 24.7 Å². The third-order valence-corrected chi connectivity index (χ3v) is 5.05. The molecule has 0 amide bonds. The van der Waals surface area contributed by atoms with E-state index >= 15 is 0 Å². The van der Waals surface area contributed by atoms with Crippen molar-refractivity contribution in [1.29, 1.82) is 0 Å². The molecule has 0 fully saturated rings. The SMILES string of the molecule is CS(=O)(=O)Nc1cc(Cn2cc(O)n(-c3ccc(SC(F)(F)F)cc3)c2=O)ccn1. The lowest BCUT2D eigenvalue weighted by molar-refractivity contribution is -0.0328. The number of nitrogens with one attached hydrogen (secondary N) is 1. The number of benzene rings is 1. The minimum Gasteiger partial charge on any atom is -0.493 e. The molecular formula is C17H15F3N4O4S2. The summed E-state index contributed by atoms with van der Waals surface area (Å²) in [6, 6.07) is 7.98. The van der Waals surface area contributed by atoms with Crippen LogP contribution in [0.1, 0.15) is 5.56 Å². The summed E-state index contributed by atoms with van der Waals surface area (Å²) in [5, 5.41) is 10.2. The van der Waals surface area contributed by atoms with Crippen LogP contribution in [0.15, 0.2) is 58.5 Å². The number of nitrogens with zero attached hydrogens (tertiary/aromatic N) is 3. The molecule has 0 aliphatic carbocycles. The third kappa shape index (κ3) is 5.57.